The number of fused-ring (bicyclic) bond motifs is 10. The van der Waals surface area contributed by atoms with E-state index in [4.69, 9.17) is 0 Å². The van der Waals surface area contributed by atoms with Crippen LogP contribution in [0.4, 0.5) is 11.4 Å². The molecule has 0 N–H and O–H groups in total. The van der Waals surface area contributed by atoms with Crippen LogP contribution in [-0.2, 0) is 5.41 Å². The van der Waals surface area contributed by atoms with Gasteiger partial charge in [-0.05, 0) is 81.3 Å². The summed E-state index contributed by atoms with van der Waals surface area (Å²) in [7, 11) is 0. The zero-order valence-corrected chi connectivity index (χ0v) is 32.7. The summed E-state index contributed by atoms with van der Waals surface area (Å²) >= 11 is 3.85. The fourth-order valence-corrected chi connectivity index (χ4v) is 12.1. The Labute approximate surface area is 330 Å². The van der Waals surface area contributed by atoms with E-state index in [0.717, 1.165) is 11.4 Å². The van der Waals surface area contributed by atoms with E-state index in [2.05, 4.69) is 202 Å². The summed E-state index contributed by atoms with van der Waals surface area (Å²) in [6.45, 7) is 7.41. The van der Waals surface area contributed by atoms with E-state index in [1.165, 1.54) is 79.4 Å². The van der Waals surface area contributed by atoms with Crippen LogP contribution in [0.1, 0.15) is 37.8 Å². The lowest BCUT2D eigenvalue weighted by atomic mass is 9.62. The smallest absolute Gasteiger partial charge is 0.0461 e. The fourth-order valence-electron chi connectivity index (χ4n) is 9.54. The van der Waals surface area contributed by atoms with Crippen LogP contribution in [0.25, 0.3) is 62.6 Å². The highest BCUT2D eigenvalue weighted by Gasteiger charge is 2.55. The van der Waals surface area contributed by atoms with Crippen LogP contribution < -0.4 is 4.90 Å². The number of allylic oxidation sites excluding steroid dienone is 3. The average Bonchev–Trinajstić information content (AvgIpc) is 3.85. The van der Waals surface area contributed by atoms with Crippen molar-refractivity contribution in [3.05, 3.63) is 193 Å². The molecule has 7 aromatic carbocycles. The normalized spacial score (nSPS) is 18.5. The highest BCUT2D eigenvalue weighted by molar-refractivity contribution is 7.26. The number of hydrogen-bond donors (Lipinski definition) is 0. The summed E-state index contributed by atoms with van der Waals surface area (Å²) in [5.41, 5.74) is 11.2. The van der Waals surface area contributed by atoms with Crippen molar-refractivity contribution in [1.82, 2.24) is 0 Å². The Morgan fingerprint density at radius 3 is 1.75 bits per heavy atom. The van der Waals surface area contributed by atoms with E-state index in [9.17, 15) is 0 Å². The van der Waals surface area contributed by atoms with Crippen LogP contribution in [0.5, 0.6) is 0 Å². The number of rotatable bonds is 5. The molecule has 2 aliphatic carbocycles. The topological polar surface area (TPSA) is 3.24 Å². The van der Waals surface area contributed by atoms with Crippen LogP contribution in [0.15, 0.2) is 182 Å². The maximum absolute atomic E-state index is 2.59. The molecule has 55 heavy (non-hydrogen) atoms. The van der Waals surface area contributed by atoms with Crippen molar-refractivity contribution in [2.45, 2.75) is 32.1 Å². The summed E-state index contributed by atoms with van der Waals surface area (Å²) in [4.78, 5) is 2.46. The molecule has 2 aromatic heterocycles. The molecule has 2 heterocycles. The van der Waals surface area contributed by atoms with Crippen molar-refractivity contribution in [2.24, 2.45) is 5.41 Å². The third-order valence-corrected chi connectivity index (χ3v) is 15.2. The standard InChI is InChI=1S/C52H39NS2/c1-51(2)44-31-29-43-41-15-8-10-19-47(41)55-50(43)48(44)45-30-28-38(32-52(45,51)3)53(36-24-20-34(21-25-36)33-12-5-4-6-13-33)37-26-22-35(23-27-37)39-16-11-17-42-40-14-7-9-18-46(40)54-49(39)42/h4-32,45H,1-3H3. The second-order valence-corrected chi connectivity index (χ2v) is 18.0. The average molecular weight is 742 g/mol. The lowest BCUT2D eigenvalue weighted by molar-refractivity contribution is 0.243. The molecule has 0 amide bonds. The molecular formula is C52H39NS2. The van der Waals surface area contributed by atoms with Gasteiger partial charge in [-0.3, -0.25) is 0 Å². The van der Waals surface area contributed by atoms with Crippen molar-refractivity contribution in [1.29, 1.82) is 0 Å². The highest BCUT2D eigenvalue weighted by atomic mass is 32.1. The third-order valence-electron chi connectivity index (χ3n) is 12.8. The van der Waals surface area contributed by atoms with Gasteiger partial charge in [-0.15, -0.1) is 22.7 Å². The van der Waals surface area contributed by atoms with Gasteiger partial charge in [0.25, 0.3) is 0 Å². The minimum Gasteiger partial charge on any atom is -0.311 e. The van der Waals surface area contributed by atoms with Crippen molar-refractivity contribution in [2.75, 3.05) is 4.90 Å². The first kappa shape index (κ1) is 32.7. The Kier molecular flexibility index (Phi) is 7.21. The molecule has 9 aromatic rings. The van der Waals surface area contributed by atoms with Gasteiger partial charge in [0.1, 0.15) is 0 Å². The SMILES string of the molecule is CC1(C)c2ccc3c(sc4ccccc43)c2C2C=CC(N(c3ccc(-c4ccccc4)cc3)c3ccc(-c4cccc5c4sc4ccccc45)cc3)=CC21C. The molecule has 1 nitrogen and oxygen atoms in total. The molecule has 2 aliphatic rings. The largest absolute Gasteiger partial charge is 0.311 e. The van der Waals surface area contributed by atoms with Crippen LogP contribution in [0, 0.1) is 5.41 Å². The fraction of sp³-hybridized carbons (Fsp3) is 0.115. The van der Waals surface area contributed by atoms with Crippen LogP contribution in [-0.4, -0.2) is 0 Å². The maximum atomic E-state index is 2.59. The van der Waals surface area contributed by atoms with Crippen LogP contribution >= 0.6 is 22.7 Å². The minimum absolute atomic E-state index is 0.0804. The predicted octanol–water partition coefficient (Wildman–Crippen LogP) is 15.4. The molecule has 264 valence electrons. The number of nitrogens with zero attached hydrogens (tertiary/aromatic N) is 1. The van der Waals surface area contributed by atoms with E-state index in [1.54, 1.807) is 0 Å². The van der Waals surface area contributed by atoms with Gasteiger partial charge < -0.3 is 4.90 Å². The van der Waals surface area contributed by atoms with Gasteiger partial charge in [0.15, 0.2) is 0 Å². The van der Waals surface area contributed by atoms with Crippen molar-refractivity contribution >= 4 is 74.4 Å². The van der Waals surface area contributed by atoms with E-state index < -0.39 is 0 Å². The number of anilines is 2. The van der Waals surface area contributed by atoms with Crippen LogP contribution in [0.2, 0.25) is 0 Å². The number of hydrogen-bond acceptors (Lipinski definition) is 3. The molecule has 0 fully saturated rings. The van der Waals surface area contributed by atoms with Crippen molar-refractivity contribution < 1.29 is 0 Å². The Balaban J connectivity index is 1.04. The molecule has 0 saturated carbocycles. The van der Waals surface area contributed by atoms with Gasteiger partial charge in [-0.1, -0.05) is 154 Å². The molecule has 2 atom stereocenters. The first-order chi connectivity index (χ1) is 26.9. The molecule has 11 rings (SSSR count). The molecule has 0 saturated heterocycles. The monoisotopic (exact) mass is 741 g/mol. The lowest BCUT2D eigenvalue weighted by Gasteiger charge is -2.43. The Bertz CT molecular complexity index is 3010. The van der Waals surface area contributed by atoms with E-state index in [0.29, 0.717) is 0 Å². The third kappa shape index (κ3) is 4.83. The van der Waals surface area contributed by atoms with Crippen molar-refractivity contribution in [3.8, 4) is 22.3 Å². The summed E-state index contributed by atoms with van der Waals surface area (Å²) in [6, 6.07) is 58.2. The first-order valence-corrected chi connectivity index (χ1v) is 20.8. The second-order valence-electron chi connectivity index (χ2n) is 15.9. The van der Waals surface area contributed by atoms with Gasteiger partial charge in [-0.25, -0.2) is 0 Å². The minimum atomic E-state index is -0.136. The molecule has 0 spiro atoms. The van der Waals surface area contributed by atoms with Crippen LogP contribution in [0.3, 0.4) is 0 Å². The molecule has 0 radical (unpaired) electrons. The zero-order valence-electron chi connectivity index (χ0n) is 31.1. The summed E-state index contributed by atoms with van der Waals surface area (Å²) < 4.78 is 5.49. The van der Waals surface area contributed by atoms with E-state index in [-0.39, 0.29) is 16.7 Å². The Hall–Kier alpha value is -5.74. The summed E-state index contributed by atoms with van der Waals surface area (Å²) in [5, 5.41) is 5.41. The lowest BCUT2D eigenvalue weighted by Crippen LogP contribution is -2.38. The molecule has 0 aliphatic heterocycles. The number of thiophene rings is 2. The Morgan fingerprint density at radius 2 is 1.05 bits per heavy atom. The molecule has 2 unspecified atom stereocenters. The zero-order chi connectivity index (χ0) is 36.9. The van der Waals surface area contributed by atoms with Gasteiger partial charge in [0.05, 0.1) is 0 Å². The number of benzene rings is 7. The van der Waals surface area contributed by atoms with Gasteiger partial charge in [-0.2, -0.15) is 0 Å². The predicted molar refractivity (Wildman–Crippen MR) is 239 cm³/mol. The van der Waals surface area contributed by atoms with Gasteiger partial charge in [0.2, 0.25) is 0 Å². The first-order valence-electron chi connectivity index (χ1n) is 19.2. The van der Waals surface area contributed by atoms with Crippen molar-refractivity contribution in [3.63, 3.8) is 0 Å². The quantitative estimate of drug-likeness (QED) is 0.170. The summed E-state index contributed by atoms with van der Waals surface area (Å²) in [6.07, 6.45) is 7.49. The highest BCUT2D eigenvalue weighted by Crippen LogP contribution is 2.64. The van der Waals surface area contributed by atoms with Gasteiger partial charge >= 0.3 is 0 Å². The molecular weight excluding hydrogens is 703 g/mol. The van der Waals surface area contributed by atoms with E-state index >= 15 is 0 Å². The Morgan fingerprint density at radius 1 is 0.491 bits per heavy atom. The molecule has 0 bridgehead atoms. The summed E-state index contributed by atoms with van der Waals surface area (Å²) in [5.74, 6) is 0.282. The van der Waals surface area contributed by atoms with E-state index in [1.807, 2.05) is 22.7 Å². The maximum Gasteiger partial charge on any atom is 0.0461 e. The molecule has 3 heteroatoms. The second kappa shape index (κ2) is 12.1. The van der Waals surface area contributed by atoms with Gasteiger partial charge in [0, 0.05) is 68.7 Å².